The molecule has 0 aromatic carbocycles. The number of carbonyl (C=O) groups is 2. The SMILES string of the molecule is O=COCOC(=O)C1(CO)CC1. The standard InChI is InChI=1S/C7H10O5/c8-3-7(1-2-7)6(10)12-5-11-4-9/h4,8H,1-3,5H2. The van der Waals surface area contributed by atoms with Gasteiger partial charge in [0.2, 0.25) is 6.79 Å². The molecule has 1 fully saturated rings. The molecular weight excluding hydrogens is 164 g/mol. The van der Waals surface area contributed by atoms with Crippen LogP contribution in [-0.4, -0.2) is 30.9 Å². The maximum absolute atomic E-state index is 11.1. The van der Waals surface area contributed by atoms with E-state index in [1.54, 1.807) is 0 Å². The Kier molecular flexibility index (Phi) is 2.65. The average molecular weight is 174 g/mol. The van der Waals surface area contributed by atoms with Crippen LogP contribution in [0, 0.1) is 5.41 Å². The molecule has 68 valence electrons. The lowest BCUT2D eigenvalue weighted by Gasteiger charge is -2.09. The van der Waals surface area contributed by atoms with Gasteiger partial charge >= 0.3 is 5.97 Å². The summed E-state index contributed by atoms with van der Waals surface area (Å²) in [6.45, 7) is -0.372. The summed E-state index contributed by atoms with van der Waals surface area (Å²) < 4.78 is 8.71. The van der Waals surface area contributed by atoms with Gasteiger partial charge in [-0.1, -0.05) is 0 Å². The number of aliphatic hydroxyl groups excluding tert-OH is 1. The molecule has 0 unspecified atom stereocenters. The number of aliphatic hydroxyl groups is 1. The molecule has 1 aliphatic rings. The number of rotatable bonds is 5. The van der Waals surface area contributed by atoms with Gasteiger partial charge in [0.1, 0.15) is 0 Å². The summed E-state index contributed by atoms with van der Waals surface area (Å²) in [6, 6.07) is 0. The molecule has 0 aromatic heterocycles. The minimum Gasteiger partial charge on any atom is -0.430 e. The minimum atomic E-state index is -0.702. The highest BCUT2D eigenvalue weighted by atomic mass is 16.7. The molecule has 0 heterocycles. The van der Waals surface area contributed by atoms with Gasteiger partial charge in [-0.3, -0.25) is 9.59 Å². The predicted octanol–water partition coefficient (Wildman–Crippen LogP) is -0.567. The lowest BCUT2D eigenvalue weighted by Crippen LogP contribution is -2.23. The van der Waals surface area contributed by atoms with Crippen LogP contribution in [0.15, 0.2) is 0 Å². The summed E-state index contributed by atoms with van der Waals surface area (Å²) in [6.07, 6.45) is 1.28. The van der Waals surface area contributed by atoms with Gasteiger partial charge in [-0.05, 0) is 12.8 Å². The maximum atomic E-state index is 11.1. The number of hydrogen-bond acceptors (Lipinski definition) is 5. The van der Waals surface area contributed by atoms with Crippen molar-refractivity contribution >= 4 is 12.4 Å². The van der Waals surface area contributed by atoms with Crippen LogP contribution in [0.4, 0.5) is 0 Å². The van der Waals surface area contributed by atoms with E-state index < -0.39 is 11.4 Å². The zero-order valence-electron chi connectivity index (χ0n) is 6.49. The molecule has 1 aliphatic carbocycles. The first-order valence-corrected chi connectivity index (χ1v) is 3.58. The summed E-state index contributed by atoms with van der Waals surface area (Å²) in [5, 5.41) is 8.77. The highest BCUT2D eigenvalue weighted by Crippen LogP contribution is 2.46. The highest BCUT2D eigenvalue weighted by molar-refractivity contribution is 5.79. The van der Waals surface area contributed by atoms with Crippen molar-refractivity contribution < 1.29 is 24.2 Å². The van der Waals surface area contributed by atoms with Gasteiger partial charge in [0.25, 0.3) is 6.47 Å². The quantitative estimate of drug-likeness (QED) is 0.261. The number of carbonyl (C=O) groups excluding carboxylic acids is 2. The van der Waals surface area contributed by atoms with Crippen LogP contribution in [0.25, 0.3) is 0 Å². The average Bonchev–Trinajstić information content (AvgIpc) is 2.85. The largest absolute Gasteiger partial charge is 0.430 e. The molecule has 12 heavy (non-hydrogen) atoms. The van der Waals surface area contributed by atoms with Crippen LogP contribution in [0.5, 0.6) is 0 Å². The van der Waals surface area contributed by atoms with E-state index in [-0.39, 0.29) is 19.9 Å². The molecule has 1 N–H and O–H groups in total. The topological polar surface area (TPSA) is 72.8 Å². The summed E-state index contributed by atoms with van der Waals surface area (Å²) in [4.78, 5) is 20.7. The fourth-order valence-corrected chi connectivity index (χ4v) is 0.846. The van der Waals surface area contributed by atoms with E-state index in [1.807, 2.05) is 0 Å². The van der Waals surface area contributed by atoms with E-state index in [0.29, 0.717) is 12.8 Å². The smallest absolute Gasteiger partial charge is 0.317 e. The third-order valence-electron chi connectivity index (χ3n) is 1.92. The predicted molar refractivity (Wildman–Crippen MR) is 36.9 cm³/mol. The van der Waals surface area contributed by atoms with E-state index in [1.165, 1.54) is 0 Å². The van der Waals surface area contributed by atoms with Crippen LogP contribution in [-0.2, 0) is 19.1 Å². The molecule has 0 spiro atoms. The summed E-state index contributed by atoms with van der Waals surface area (Å²) >= 11 is 0. The second-order valence-electron chi connectivity index (χ2n) is 2.75. The molecule has 1 saturated carbocycles. The van der Waals surface area contributed by atoms with Gasteiger partial charge in [-0.2, -0.15) is 0 Å². The molecule has 5 heteroatoms. The third-order valence-corrected chi connectivity index (χ3v) is 1.92. The Balaban J connectivity index is 2.24. The van der Waals surface area contributed by atoms with Crippen LogP contribution < -0.4 is 0 Å². The lowest BCUT2D eigenvalue weighted by molar-refractivity contribution is -0.166. The van der Waals surface area contributed by atoms with Crippen molar-refractivity contribution in [1.29, 1.82) is 0 Å². The second-order valence-corrected chi connectivity index (χ2v) is 2.75. The first kappa shape index (κ1) is 8.99. The zero-order valence-corrected chi connectivity index (χ0v) is 6.49. The first-order valence-electron chi connectivity index (χ1n) is 3.58. The fourth-order valence-electron chi connectivity index (χ4n) is 0.846. The van der Waals surface area contributed by atoms with Gasteiger partial charge in [0, 0.05) is 0 Å². The Labute approximate surface area is 69.3 Å². The summed E-state index contributed by atoms with van der Waals surface area (Å²) in [5.74, 6) is -0.494. The molecular formula is C7H10O5. The van der Waals surface area contributed by atoms with Crippen LogP contribution in [0.1, 0.15) is 12.8 Å². The maximum Gasteiger partial charge on any atom is 0.317 e. The van der Waals surface area contributed by atoms with Crippen LogP contribution in [0.2, 0.25) is 0 Å². The van der Waals surface area contributed by atoms with Crippen molar-refractivity contribution in [3.63, 3.8) is 0 Å². The second kappa shape index (κ2) is 3.53. The van der Waals surface area contributed by atoms with Crippen molar-refractivity contribution in [2.45, 2.75) is 12.8 Å². The molecule has 0 radical (unpaired) electrons. The Morgan fingerprint density at radius 1 is 1.58 bits per heavy atom. The highest BCUT2D eigenvalue weighted by Gasteiger charge is 2.51. The van der Waals surface area contributed by atoms with Crippen molar-refractivity contribution in [1.82, 2.24) is 0 Å². The fraction of sp³-hybridized carbons (Fsp3) is 0.714. The Morgan fingerprint density at radius 2 is 2.25 bits per heavy atom. The van der Waals surface area contributed by atoms with Crippen molar-refractivity contribution in [3.8, 4) is 0 Å². The van der Waals surface area contributed by atoms with Crippen LogP contribution in [0.3, 0.4) is 0 Å². The van der Waals surface area contributed by atoms with E-state index in [0.717, 1.165) is 0 Å². The molecule has 0 atom stereocenters. The molecule has 1 rings (SSSR count). The molecule has 5 nitrogen and oxygen atoms in total. The number of ether oxygens (including phenoxy) is 2. The van der Waals surface area contributed by atoms with E-state index in [9.17, 15) is 9.59 Å². The van der Waals surface area contributed by atoms with Gasteiger partial charge < -0.3 is 14.6 Å². The zero-order chi connectivity index (χ0) is 9.03. The van der Waals surface area contributed by atoms with Gasteiger partial charge in [-0.25, -0.2) is 0 Å². The molecule has 0 aliphatic heterocycles. The monoisotopic (exact) mass is 174 g/mol. The summed E-state index contributed by atoms with van der Waals surface area (Å²) in [5.41, 5.74) is -0.702. The van der Waals surface area contributed by atoms with Gasteiger partial charge in [0.05, 0.1) is 12.0 Å². The van der Waals surface area contributed by atoms with E-state index >= 15 is 0 Å². The Morgan fingerprint density at radius 3 is 2.67 bits per heavy atom. The molecule has 0 bridgehead atoms. The first-order chi connectivity index (χ1) is 5.75. The Bertz CT molecular complexity index is 184. The van der Waals surface area contributed by atoms with E-state index in [4.69, 9.17) is 5.11 Å². The third kappa shape index (κ3) is 1.73. The van der Waals surface area contributed by atoms with Crippen LogP contribution >= 0.6 is 0 Å². The lowest BCUT2D eigenvalue weighted by atomic mass is 10.1. The molecule has 0 aromatic rings. The van der Waals surface area contributed by atoms with Crippen molar-refractivity contribution in [2.24, 2.45) is 5.41 Å². The summed E-state index contributed by atoms with van der Waals surface area (Å²) in [7, 11) is 0. The molecule has 0 amide bonds. The minimum absolute atomic E-state index is 0.200. The van der Waals surface area contributed by atoms with Crippen molar-refractivity contribution in [3.05, 3.63) is 0 Å². The van der Waals surface area contributed by atoms with Gasteiger partial charge in [0.15, 0.2) is 0 Å². The molecule has 0 saturated heterocycles. The number of esters is 1. The van der Waals surface area contributed by atoms with Crippen molar-refractivity contribution in [2.75, 3.05) is 13.4 Å². The number of hydrogen-bond donors (Lipinski definition) is 1. The van der Waals surface area contributed by atoms with E-state index in [2.05, 4.69) is 9.47 Å². The Hall–Kier alpha value is -1.10. The van der Waals surface area contributed by atoms with Gasteiger partial charge in [-0.15, -0.1) is 0 Å². The normalized spacial score (nSPS) is 18.1.